The average molecular weight is 294 g/mol. The molecular formula is C17H26O4. The Morgan fingerprint density at radius 2 is 1.86 bits per heavy atom. The molecular weight excluding hydrogens is 268 g/mol. The van der Waals surface area contributed by atoms with Gasteiger partial charge in [-0.05, 0) is 18.6 Å². The lowest BCUT2D eigenvalue weighted by Crippen LogP contribution is -2.15. The lowest BCUT2D eigenvalue weighted by Gasteiger charge is -2.10. The minimum Gasteiger partial charge on any atom is -0.469 e. The third-order valence-electron chi connectivity index (χ3n) is 3.77. The molecule has 0 saturated carbocycles. The number of rotatable bonds is 7. The lowest BCUT2D eigenvalue weighted by atomic mass is 9.96. The Kier molecular flexibility index (Phi) is 6.19. The van der Waals surface area contributed by atoms with Gasteiger partial charge in [-0.25, -0.2) is 0 Å². The molecule has 1 aromatic rings. The number of ether oxygens (including phenoxy) is 1. The summed E-state index contributed by atoms with van der Waals surface area (Å²) in [6, 6.07) is 1.97. The van der Waals surface area contributed by atoms with Crippen molar-refractivity contribution in [3.63, 3.8) is 0 Å². The van der Waals surface area contributed by atoms with Gasteiger partial charge in [0.25, 0.3) is 0 Å². The maximum Gasteiger partial charge on any atom is 0.308 e. The van der Waals surface area contributed by atoms with Gasteiger partial charge in [-0.15, -0.1) is 0 Å². The molecule has 1 aromatic heterocycles. The Bertz CT molecular complexity index is 499. The molecule has 0 amide bonds. The standard InChI is InChI=1S/C17H26O4/c1-10(2)14(18)7-11(3)15-8-12(4)16(21-15)9-13(5)17(19)20-6/h8,10-11,13H,7,9H2,1-6H3. The van der Waals surface area contributed by atoms with E-state index in [4.69, 9.17) is 9.15 Å². The molecule has 2 atom stereocenters. The fourth-order valence-electron chi connectivity index (χ4n) is 2.19. The van der Waals surface area contributed by atoms with E-state index >= 15 is 0 Å². The number of carbonyl (C=O) groups excluding carboxylic acids is 2. The Morgan fingerprint density at radius 3 is 2.38 bits per heavy atom. The average Bonchev–Trinajstić information content (AvgIpc) is 2.79. The van der Waals surface area contributed by atoms with Crippen molar-refractivity contribution < 1.29 is 18.7 Å². The topological polar surface area (TPSA) is 56.5 Å². The third kappa shape index (κ3) is 4.73. The summed E-state index contributed by atoms with van der Waals surface area (Å²) in [5, 5.41) is 0. The van der Waals surface area contributed by atoms with Crippen LogP contribution in [0.4, 0.5) is 0 Å². The second-order valence-corrected chi connectivity index (χ2v) is 6.11. The van der Waals surface area contributed by atoms with Crippen LogP contribution >= 0.6 is 0 Å². The highest BCUT2D eigenvalue weighted by Crippen LogP contribution is 2.27. The van der Waals surface area contributed by atoms with E-state index in [-0.39, 0.29) is 29.5 Å². The smallest absolute Gasteiger partial charge is 0.308 e. The van der Waals surface area contributed by atoms with E-state index in [1.807, 2.05) is 40.7 Å². The van der Waals surface area contributed by atoms with Crippen LogP contribution in [0.1, 0.15) is 57.1 Å². The van der Waals surface area contributed by atoms with Crippen LogP contribution in [0, 0.1) is 18.8 Å². The first-order valence-corrected chi connectivity index (χ1v) is 7.46. The van der Waals surface area contributed by atoms with Crippen molar-refractivity contribution in [2.45, 2.75) is 53.4 Å². The molecule has 0 bridgehead atoms. The summed E-state index contributed by atoms with van der Waals surface area (Å²) >= 11 is 0. The van der Waals surface area contributed by atoms with E-state index in [9.17, 15) is 9.59 Å². The molecule has 1 rings (SSSR count). The Balaban J connectivity index is 2.77. The van der Waals surface area contributed by atoms with Crippen LogP contribution in [-0.4, -0.2) is 18.9 Å². The van der Waals surface area contributed by atoms with Crippen molar-refractivity contribution in [3.05, 3.63) is 23.2 Å². The van der Waals surface area contributed by atoms with Gasteiger partial charge in [0.15, 0.2) is 0 Å². The number of Topliss-reactive ketones (excluding diaryl/α,β-unsaturated/α-hetero) is 1. The van der Waals surface area contributed by atoms with E-state index in [1.54, 1.807) is 0 Å². The highest BCUT2D eigenvalue weighted by atomic mass is 16.5. The SMILES string of the molecule is COC(=O)C(C)Cc1oc(C(C)CC(=O)C(C)C)cc1C. The molecule has 118 valence electrons. The molecule has 0 aliphatic carbocycles. The first kappa shape index (κ1) is 17.5. The summed E-state index contributed by atoms with van der Waals surface area (Å²) in [4.78, 5) is 23.3. The second-order valence-electron chi connectivity index (χ2n) is 6.11. The predicted octanol–water partition coefficient (Wildman–Crippen LogP) is 3.66. The number of carbonyl (C=O) groups is 2. The van der Waals surface area contributed by atoms with Crippen molar-refractivity contribution in [2.75, 3.05) is 7.11 Å². The summed E-state index contributed by atoms with van der Waals surface area (Å²) in [5.41, 5.74) is 1.02. The van der Waals surface area contributed by atoms with Crippen LogP contribution < -0.4 is 0 Å². The Morgan fingerprint density at radius 1 is 1.24 bits per heavy atom. The van der Waals surface area contributed by atoms with Crippen LogP contribution in [0.2, 0.25) is 0 Å². The second kappa shape index (κ2) is 7.43. The molecule has 0 fully saturated rings. The van der Waals surface area contributed by atoms with Gasteiger partial charge >= 0.3 is 5.97 Å². The molecule has 0 aliphatic heterocycles. The van der Waals surface area contributed by atoms with E-state index < -0.39 is 0 Å². The Hall–Kier alpha value is -1.58. The van der Waals surface area contributed by atoms with E-state index in [0.29, 0.717) is 12.8 Å². The predicted molar refractivity (Wildman–Crippen MR) is 81.2 cm³/mol. The van der Waals surface area contributed by atoms with Gasteiger partial charge in [0.1, 0.15) is 17.3 Å². The molecule has 4 nitrogen and oxygen atoms in total. The molecule has 21 heavy (non-hydrogen) atoms. The molecule has 4 heteroatoms. The van der Waals surface area contributed by atoms with Gasteiger partial charge in [0, 0.05) is 24.7 Å². The minimum absolute atomic E-state index is 0.0438. The summed E-state index contributed by atoms with van der Waals surface area (Å²) in [7, 11) is 1.39. The number of ketones is 1. The van der Waals surface area contributed by atoms with E-state index in [2.05, 4.69) is 0 Å². The zero-order valence-electron chi connectivity index (χ0n) is 13.9. The monoisotopic (exact) mass is 294 g/mol. The van der Waals surface area contributed by atoms with Gasteiger partial charge in [0.2, 0.25) is 0 Å². The van der Waals surface area contributed by atoms with Crippen molar-refractivity contribution in [1.29, 1.82) is 0 Å². The molecule has 0 aromatic carbocycles. The largest absolute Gasteiger partial charge is 0.469 e. The minimum atomic E-state index is -0.240. The molecule has 0 N–H and O–H groups in total. The highest BCUT2D eigenvalue weighted by molar-refractivity contribution is 5.81. The first-order chi connectivity index (χ1) is 9.76. The number of esters is 1. The zero-order valence-corrected chi connectivity index (χ0v) is 13.9. The molecule has 1 heterocycles. The van der Waals surface area contributed by atoms with Crippen LogP contribution in [0.5, 0.6) is 0 Å². The molecule has 0 saturated heterocycles. The van der Waals surface area contributed by atoms with Crippen molar-refractivity contribution in [3.8, 4) is 0 Å². The van der Waals surface area contributed by atoms with E-state index in [1.165, 1.54) is 7.11 Å². The fourth-order valence-corrected chi connectivity index (χ4v) is 2.19. The maximum atomic E-state index is 11.8. The van der Waals surface area contributed by atoms with E-state index in [0.717, 1.165) is 17.1 Å². The normalized spacial score (nSPS) is 14.0. The number of methoxy groups -OCH3 is 1. The zero-order chi connectivity index (χ0) is 16.2. The number of hydrogen-bond donors (Lipinski definition) is 0. The summed E-state index contributed by atoms with van der Waals surface area (Å²) in [5.74, 6) is 1.47. The lowest BCUT2D eigenvalue weighted by molar-refractivity contribution is -0.144. The number of furan rings is 1. The fraction of sp³-hybridized carbons (Fsp3) is 0.647. The van der Waals surface area contributed by atoms with Crippen molar-refractivity contribution in [2.24, 2.45) is 11.8 Å². The number of hydrogen-bond acceptors (Lipinski definition) is 4. The van der Waals surface area contributed by atoms with Gasteiger partial charge in [0.05, 0.1) is 13.0 Å². The van der Waals surface area contributed by atoms with Gasteiger partial charge in [-0.1, -0.05) is 27.7 Å². The Labute approximate surface area is 126 Å². The van der Waals surface area contributed by atoms with Crippen LogP contribution in [0.15, 0.2) is 10.5 Å². The van der Waals surface area contributed by atoms with Gasteiger partial charge in [-0.3, -0.25) is 9.59 Å². The quantitative estimate of drug-likeness (QED) is 0.720. The van der Waals surface area contributed by atoms with Gasteiger partial charge in [-0.2, -0.15) is 0 Å². The maximum absolute atomic E-state index is 11.8. The molecule has 0 radical (unpaired) electrons. The van der Waals surface area contributed by atoms with Crippen LogP contribution in [0.3, 0.4) is 0 Å². The molecule has 0 aliphatic rings. The molecule has 2 unspecified atom stereocenters. The summed E-state index contributed by atoms with van der Waals surface area (Å²) in [6.45, 7) is 9.59. The molecule has 0 spiro atoms. The first-order valence-electron chi connectivity index (χ1n) is 7.46. The third-order valence-corrected chi connectivity index (χ3v) is 3.77. The summed E-state index contributed by atoms with van der Waals surface area (Å²) in [6.07, 6.45) is 1.000. The van der Waals surface area contributed by atoms with Crippen molar-refractivity contribution >= 4 is 11.8 Å². The number of aryl methyl sites for hydroxylation is 1. The van der Waals surface area contributed by atoms with Crippen molar-refractivity contribution in [1.82, 2.24) is 0 Å². The highest BCUT2D eigenvalue weighted by Gasteiger charge is 2.21. The van der Waals surface area contributed by atoms with Crippen LogP contribution in [-0.2, 0) is 20.7 Å². The van der Waals surface area contributed by atoms with Crippen LogP contribution in [0.25, 0.3) is 0 Å². The van der Waals surface area contributed by atoms with Gasteiger partial charge < -0.3 is 9.15 Å². The summed E-state index contributed by atoms with van der Waals surface area (Å²) < 4.78 is 10.6.